The van der Waals surface area contributed by atoms with Crippen LogP contribution in [0.25, 0.3) is 5.69 Å². The highest BCUT2D eigenvalue weighted by Crippen LogP contribution is 2.19. The number of aromatic nitrogens is 2. The van der Waals surface area contributed by atoms with Crippen LogP contribution in [-0.2, 0) is 0 Å². The van der Waals surface area contributed by atoms with Crippen molar-refractivity contribution in [2.45, 2.75) is 26.8 Å². The minimum Gasteiger partial charge on any atom is -0.336 e. The molecule has 2 heterocycles. The molecule has 122 valence electrons. The molecule has 1 saturated heterocycles. The van der Waals surface area contributed by atoms with Crippen molar-refractivity contribution >= 4 is 5.91 Å². The summed E-state index contributed by atoms with van der Waals surface area (Å²) < 4.78 is 16.0. The Labute approximate surface area is 135 Å². The Morgan fingerprint density at radius 1 is 1.35 bits per heavy atom. The van der Waals surface area contributed by atoms with Crippen molar-refractivity contribution < 1.29 is 9.18 Å². The fraction of sp³-hybridized carbons (Fsp3) is 0.412. The molecule has 1 aromatic carbocycles. The number of aryl methyl sites for hydroxylation is 2. The van der Waals surface area contributed by atoms with E-state index in [0.717, 1.165) is 17.9 Å². The molecule has 0 unspecified atom stereocenters. The number of hydrogen-bond acceptors (Lipinski definition) is 3. The Balaban J connectivity index is 1.87. The summed E-state index contributed by atoms with van der Waals surface area (Å²) in [5.74, 6) is -0.567. The van der Waals surface area contributed by atoms with Crippen LogP contribution in [0.2, 0.25) is 0 Å². The van der Waals surface area contributed by atoms with Crippen molar-refractivity contribution in [1.29, 1.82) is 0 Å². The molecule has 1 aliphatic rings. The number of amides is 1. The molecule has 1 fully saturated rings. The molecule has 0 saturated carbocycles. The molecule has 1 aromatic heterocycles. The third-order valence-electron chi connectivity index (χ3n) is 4.09. The fourth-order valence-corrected chi connectivity index (χ4v) is 2.98. The van der Waals surface area contributed by atoms with Crippen LogP contribution in [0.1, 0.15) is 28.7 Å². The van der Waals surface area contributed by atoms with Crippen LogP contribution in [0.5, 0.6) is 0 Å². The predicted octanol–water partition coefficient (Wildman–Crippen LogP) is 2.06. The second kappa shape index (κ2) is 6.12. The average molecular weight is 316 g/mol. The SMILES string of the molecule is Cc1cc(C)n(-c2ccc(C(=O)N3CCN[C@H](C)C3)cc2F)n1. The van der Waals surface area contributed by atoms with Crippen LogP contribution >= 0.6 is 0 Å². The molecule has 2 aromatic rings. The van der Waals surface area contributed by atoms with E-state index in [2.05, 4.69) is 10.4 Å². The van der Waals surface area contributed by atoms with Gasteiger partial charge in [-0.25, -0.2) is 9.07 Å². The molecule has 3 rings (SSSR count). The lowest BCUT2D eigenvalue weighted by Crippen LogP contribution is -2.51. The predicted molar refractivity (Wildman–Crippen MR) is 86.4 cm³/mol. The maximum absolute atomic E-state index is 14.5. The van der Waals surface area contributed by atoms with E-state index < -0.39 is 5.82 Å². The monoisotopic (exact) mass is 316 g/mol. The number of hydrogen-bond donors (Lipinski definition) is 1. The lowest BCUT2D eigenvalue weighted by atomic mass is 10.1. The first-order chi connectivity index (χ1) is 11.0. The van der Waals surface area contributed by atoms with E-state index in [9.17, 15) is 9.18 Å². The molecule has 1 aliphatic heterocycles. The fourth-order valence-electron chi connectivity index (χ4n) is 2.98. The average Bonchev–Trinajstić information content (AvgIpc) is 2.85. The summed E-state index contributed by atoms with van der Waals surface area (Å²) in [6.45, 7) is 7.82. The van der Waals surface area contributed by atoms with Crippen molar-refractivity contribution in [3.05, 3.63) is 47.0 Å². The molecule has 0 bridgehead atoms. The van der Waals surface area contributed by atoms with Gasteiger partial charge >= 0.3 is 0 Å². The number of benzene rings is 1. The summed E-state index contributed by atoms with van der Waals surface area (Å²) in [6, 6.07) is 6.74. The van der Waals surface area contributed by atoms with Crippen molar-refractivity contribution in [1.82, 2.24) is 20.0 Å². The third kappa shape index (κ3) is 3.12. The number of piperazine rings is 1. The van der Waals surface area contributed by atoms with E-state index in [1.165, 1.54) is 6.07 Å². The van der Waals surface area contributed by atoms with Gasteiger partial charge in [-0.3, -0.25) is 4.79 Å². The topological polar surface area (TPSA) is 50.2 Å². The van der Waals surface area contributed by atoms with Gasteiger partial charge in [-0.2, -0.15) is 5.10 Å². The first-order valence-corrected chi connectivity index (χ1v) is 7.81. The first kappa shape index (κ1) is 15.7. The quantitative estimate of drug-likeness (QED) is 0.923. The van der Waals surface area contributed by atoms with Gasteiger partial charge in [-0.15, -0.1) is 0 Å². The Bertz CT molecular complexity index is 740. The van der Waals surface area contributed by atoms with Crippen LogP contribution in [0.15, 0.2) is 24.3 Å². The van der Waals surface area contributed by atoms with E-state index in [-0.39, 0.29) is 11.9 Å². The summed E-state index contributed by atoms with van der Waals surface area (Å²) in [6.07, 6.45) is 0. The van der Waals surface area contributed by atoms with Crippen LogP contribution in [0.4, 0.5) is 4.39 Å². The number of halogens is 1. The summed E-state index contributed by atoms with van der Waals surface area (Å²) >= 11 is 0. The van der Waals surface area contributed by atoms with Gasteiger partial charge in [0.05, 0.1) is 5.69 Å². The molecular formula is C17H21FN4O. The molecular weight excluding hydrogens is 295 g/mol. The number of carbonyl (C=O) groups is 1. The standard InChI is InChI=1S/C17H21FN4O/c1-11-8-13(3)22(20-11)16-5-4-14(9-15(16)18)17(23)21-7-6-19-12(2)10-21/h4-5,8-9,12,19H,6-7,10H2,1-3H3/t12-/m1/s1. The molecule has 1 atom stereocenters. The van der Waals surface area contributed by atoms with Crippen molar-refractivity contribution in [3.63, 3.8) is 0 Å². The lowest BCUT2D eigenvalue weighted by Gasteiger charge is -2.32. The molecule has 6 heteroatoms. The Kier molecular flexibility index (Phi) is 4.17. The molecule has 0 aliphatic carbocycles. The zero-order valence-corrected chi connectivity index (χ0v) is 13.6. The van der Waals surface area contributed by atoms with Gasteiger partial charge in [-0.05, 0) is 45.0 Å². The minimum absolute atomic E-state index is 0.128. The van der Waals surface area contributed by atoms with Crippen molar-refractivity contribution in [2.75, 3.05) is 19.6 Å². The van der Waals surface area contributed by atoms with Gasteiger partial charge in [0.2, 0.25) is 0 Å². The smallest absolute Gasteiger partial charge is 0.254 e. The van der Waals surface area contributed by atoms with Gasteiger partial charge in [0.15, 0.2) is 0 Å². The molecule has 1 N–H and O–H groups in total. The zero-order chi connectivity index (χ0) is 16.6. The lowest BCUT2D eigenvalue weighted by molar-refractivity contribution is 0.0708. The molecule has 23 heavy (non-hydrogen) atoms. The van der Waals surface area contributed by atoms with E-state index in [4.69, 9.17) is 0 Å². The summed E-state index contributed by atoms with van der Waals surface area (Å²) in [5, 5.41) is 7.58. The maximum Gasteiger partial charge on any atom is 0.254 e. The van der Waals surface area contributed by atoms with Gasteiger partial charge in [0, 0.05) is 36.9 Å². The van der Waals surface area contributed by atoms with E-state index >= 15 is 0 Å². The van der Waals surface area contributed by atoms with Gasteiger partial charge in [0.1, 0.15) is 11.5 Å². The molecule has 0 radical (unpaired) electrons. The number of carbonyl (C=O) groups excluding carboxylic acids is 1. The third-order valence-corrected chi connectivity index (χ3v) is 4.09. The Morgan fingerprint density at radius 2 is 2.13 bits per heavy atom. The Hall–Kier alpha value is -2.21. The van der Waals surface area contributed by atoms with E-state index in [1.807, 2.05) is 26.8 Å². The maximum atomic E-state index is 14.5. The first-order valence-electron chi connectivity index (χ1n) is 7.81. The summed E-state index contributed by atoms with van der Waals surface area (Å²) in [7, 11) is 0. The molecule has 1 amide bonds. The van der Waals surface area contributed by atoms with Crippen LogP contribution < -0.4 is 5.32 Å². The van der Waals surface area contributed by atoms with E-state index in [1.54, 1.807) is 21.7 Å². The van der Waals surface area contributed by atoms with Gasteiger partial charge in [-0.1, -0.05) is 0 Å². The summed E-state index contributed by atoms with van der Waals surface area (Å²) in [4.78, 5) is 14.3. The van der Waals surface area contributed by atoms with Crippen molar-refractivity contribution in [3.8, 4) is 5.69 Å². The number of nitrogens with one attached hydrogen (secondary N) is 1. The van der Waals surface area contributed by atoms with Gasteiger partial charge < -0.3 is 10.2 Å². The minimum atomic E-state index is -0.440. The largest absolute Gasteiger partial charge is 0.336 e. The zero-order valence-electron chi connectivity index (χ0n) is 13.6. The van der Waals surface area contributed by atoms with Gasteiger partial charge in [0.25, 0.3) is 5.91 Å². The van der Waals surface area contributed by atoms with E-state index in [0.29, 0.717) is 24.3 Å². The highest BCUT2D eigenvalue weighted by Gasteiger charge is 2.22. The second-order valence-corrected chi connectivity index (χ2v) is 6.11. The number of rotatable bonds is 2. The van der Waals surface area contributed by atoms with Crippen molar-refractivity contribution in [2.24, 2.45) is 0 Å². The normalized spacial score (nSPS) is 18.3. The molecule has 0 spiro atoms. The highest BCUT2D eigenvalue weighted by molar-refractivity contribution is 5.94. The summed E-state index contributed by atoms with van der Waals surface area (Å²) in [5.41, 5.74) is 2.43. The highest BCUT2D eigenvalue weighted by atomic mass is 19.1. The van der Waals surface area contributed by atoms with Crippen LogP contribution in [0.3, 0.4) is 0 Å². The van der Waals surface area contributed by atoms with Crippen LogP contribution in [0, 0.1) is 19.7 Å². The number of nitrogens with zero attached hydrogens (tertiary/aromatic N) is 3. The molecule has 5 nitrogen and oxygen atoms in total. The van der Waals surface area contributed by atoms with Crippen LogP contribution in [-0.4, -0.2) is 46.3 Å². The Morgan fingerprint density at radius 3 is 2.74 bits per heavy atom. The second-order valence-electron chi connectivity index (χ2n) is 6.11.